The van der Waals surface area contributed by atoms with Crippen LogP contribution in [-0.4, -0.2) is 59.6 Å². The van der Waals surface area contributed by atoms with Crippen molar-refractivity contribution in [2.75, 3.05) is 19.8 Å². The van der Waals surface area contributed by atoms with Crippen LogP contribution < -0.4 is 0 Å². The van der Waals surface area contributed by atoms with Crippen LogP contribution in [0.25, 0.3) is 0 Å². The van der Waals surface area contributed by atoms with E-state index < -0.39 is 24.4 Å². The minimum atomic E-state index is -0.972. The summed E-state index contributed by atoms with van der Waals surface area (Å²) >= 11 is 0. The molecule has 0 aliphatic carbocycles. The van der Waals surface area contributed by atoms with Crippen LogP contribution in [-0.2, 0) is 9.47 Å². The second kappa shape index (κ2) is 12.0. The van der Waals surface area contributed by atoms with Crippen LogP contribution in [0.1, 0.15) is 51.9 Å². The van der Waals surface area contributed by atoms with Gasteiger partial charge in [0.05, 0.1) is 13.2 Å². The molecule has 0 aromatic heterocycles. The van der Waals surface area contributed by atoms with Crippen LogP contribution in [0, 0.1) is 0 Å². The molecule has 0 spiro atoms. The zero-order chi connectivity index (χ0) is 16.2. The predicted octanol–water partition coefficient (Wildman–Crippen LogP) is 1.79. The summed E-state index contributed by atoms with van der Waals surface area (Å²) < 4.78 is 10.7. The lowest BCUT2D eigenvalue weighted by atomic mass is 10.0. The van der Waals surface area contributed by atoms with Crippen molar-refractivity contribution in [3.63, 3.8) is 0 Å². The largest absolute Gasteiger partial charge is 0.394 e. The average molecular weight is 316 g/mol. The van der Waals surface area contributed by atoms with Gasteiger partial charge in [0.15, 0.2) is 0 Å². The predicted molar refractivity (Wildman–Crippen MR) is 85.7 cm³/mol. The van der Waals surface area contributed by atoms with E-state index in [2.05, 4.69) is 19.1 Å². The summed E-state index contributed by atoms with van der Waals surface area (Å²) in [6.45, 7) is 2.41. The summed E-state index contributed by atoms with van der Waals surface area (Å²) in [7, 11) is 0. The zero-order valence-corrected chi connectivity index (χ0v) is 13.7. The van der Waals surface area contributed by atoms with Gasteiger partial charge in [0.25, 0.3) is 0 Å². The van der Waals surface area contributed by atoms with E-state index in [-0.39, 0.29) is 13.2 Å². The molecule has 4 atom stereocenters. The Morgan fingerprint density at radius 1 is 1.09 bits per heavy atom. The molecule has 1 aliphatic heterocycles. The summed E-state index contributed by atoms with van der Waals surface area (Å²) in [5.74, 6) is 0. The Morgan fingerprint density at radius 3 is 2.45 bits per heavy atom. The molecule has 3 N–H and O–H groups in total. The van der Waals surface area contributed by atoms with Crippen molar-refractivity contribution in [2.24, 2.45) is 0 Å². The van der Waals surface area contributed by atoms with Gasteiger partial charge in [-0.3, -0.25) is 0 Å². The van der Waals surface area contributed by atoms with Gasteiger partial charge in [-0.25, -0.2) is 0 Å². The third-order valence-corrected chi connectivity index (χ3v) is 4.07. The monoisotopic (exact) mass is 316 g/mol. The van der Waals surface area contributed by atoms with Gasteiger partial charge in [-0.2, -0.15) is 0 Å². The Kier molecular flexibility index (Phi) is 10.7. The van der Waals surface area contributed by atoms with Gasteiger partial charge < -0.3 is 24.8 Å². The van der Waals surface area contributed by atoms with Crippen molar-refractivity contribution in [3.05, 3.63) is 12.2 Å². The standard InChI is InChI=1S/C17H32O5/c1-2-3-4-5-6-7-8-9-10-11-21-17-14(19)13-22-15(12-18)16(17)20/h2-3,14-20H,4-13H2,1H3/b3-2+/t14-,15+,16+,17+/m0/s1. The smallest absolute Gasteiger partial charge is 0.114 e. The third kappa shape index (κ3) is 7.20. The maximum Gasteiger partial charge on any atom is 0.114 e. The first-order chi connectivity index (χ1) is 10.7. The summed E-state index contributed by atoms with van der Waals surface area (Å²) in [5, 5.41) is 28.9. The number of rotatable bonds is 11. The van der Waals surface area contributed by atoms with E-state index in [0.717, 1.165) is 12.8 Å². The van der Waals surface area contributed by atoms with Gasteiger partial charge in [0.1, 0.15) is 24.4 Å². The number of ether oxygens (including phenoxy) is 2. The molecule has 5 nitrogen and oxygen atoms in total. The Balaban J connectivity index is 2.03. The van der Waals surface area contributed by atoms with Crippen molar-refractivity contribution >= 4 is 0 Å². The van der Waals surface area contributed by atoms with E-state index in [1.165, 1.54) is 32.1 Å². The number of unbranched alkanes of at least 4 members (excludes halogenated alkanes) is 6. The number of aliphatic hydroxyl groups is 3. The van der Waals surface area contributed by atoms with Crippen LogP contribution in [0.2, 0.25) is 0 Å². The lowest BCUT2D eigenvalue weighted by Crippen LogP contribution is -2.55. The number of hydrogen-bond acceptors (Lipinski definition) is 5. The maximum absolute atomic E-state index is 9.97. The fourth-order valence-corrected chi connectivity index (χ4v) is 2.68. The normalized spacial score (nSPS) is 29.3. The van der Waals surface area contributed by atoms with Gasteiger partial charge >= 0.3 is 0 Å². The molecular weight excluding hydrogens is 284 g/mol. The molecule has 130 valence electrons. The number of aliphatic hydroxyl groups excluding tert-OH is 3. The molecular formula is C17H32O5. The highest BCUT2D eigenvalue weighted by Crippen LogP contribution is 2.19. The van der Waals surface area contributed by atoms with Crippen LogP contribution in [0.5, 0.6) is 0 Å². The van der Waals surface area contributed by atoms with Gasteiger partial charge in [-0.15, -0.1) is 0 Å². The van der Waals surface area contributed by atoms with Crippen molar-refractivity contribution in [1.82, 2.24) is 0 Å². The second-order valence-electron chi connectivity index (χ2n) is 5.93. The number of hydrogen-bond donors (Lipinski definition) is 3. The SMILES string of the molecule is C/C=C/CCCCCCCCO[C@H]1[C@H](O)[C@@H](CO)OC[C@@H]1O. The van der Waals surface area contributed by atoms with E-state index in [1.807, 2.05) is 0 Å². The quantitative estimate of drug-likeness (QED) is 0.400. The Labute approximate surface area is 133 Å². The molecule has 0 bridgehead atoms. The lowest BCUT2D eigenvalue weighted by Gasteiger charge is -2.37. The fourth-order valence-electron chi connectivity index (χ4n) is 2.68. The molecule has 1 saturated heterocycles. The highest BCUT2D eigenvalue weighted by atomic mass is 16.6. The van der Waals surface area contributed by atoms with E-state index in [1.54, 1.807) is 0 Å². The molecule has 0 aromatic rings. The van der Waals surface area contributed by atoms with Gasteiger partial charge in [-0.05, 0) is 26.2 Å². The Bertz CT molecular complexity index is 295. The van der Waals surface area contributed by atoms with Gasteiger partial charge in [-0.1, -0.05) is 37.8 Å². The molecule has 0 radical (unpaired) electrons. The molecule has 0 unspecified atom stereocenters. The minimum Gasteiger partial charge on any atom is -0.394 e. The zero-order valence-electron chi connectivity index (χ0n) is 13.7. The lowest BCUT2D eigenvalue weighted by molar-refractivity contribution is -0.210. The molecule has 1 aliphatic rings. The topological polar surface area (TPSA) is 79.2 Å². The molecule has 0 amide bonds. The Hall–Kier alpha value is -0.460. The van der Waals surface area contributed by atoms with E-state index in [0.29, 0.717) is 6.61 Å². The van der Waals surface area contributed by atoms with Crippen molar-refractivity contribution in [1.29, 1.82) is 0 Å². The summed E-state index contributed by atoms with van der Waals surface area (Å²) in [4.78, 5) is 0. The molecule has 0 aromatic carbocycles. The first kappa shape index (κ1) is 19.6. The third-order valence-electron chi connectivity index (χ3n) is 4.07. The van der Waals surface area contributed by atoms with Gasteiger partial charge in [0.2, 0.25) is 0 Å². The maximum atomic E-state index is 9.97. The average Bonchev–Trinajstić information content (AvgIpc) is 2.52. The molecule has 22 heavy (non-hydrogen) atoms. The number of allylic oxidation sites excluding steroid dienone is 2. The summed E-state index contributed by atoms with van der Waals surface area (Å²) in [6, 6.07) is 0. The first-order valence-electron chi connectivity index (χ1n) is 8.52. The molecule has 1 rings (SSSR count). The van der Waals surface area contributed by atoms with Crippen LogP contribution >= 0.6 is 0 Å². The molecule has 0 saturated carbocycles. The second-order valence-corrected chi connectivity index (χ2v) is 5.93. The van der Waals surface area contributed by atoms with E-state index >= 15 is 0 Å². The fraction of sp³-hybridized carbons (Fsp3) is 0.882. The van der Waals surface area contributed by atoms with E-state index in [9.17, 15) is 10.2 Å². The van der Waals surface area contributed by atoms with Crippen LogP contribution in [0.15, 0.2) is 12.2 Å². The van der Waals surface area contributed by atoms with Crippen molar-refractivity contribution < 1.29 is 24.8 Å². The molecule has 1 fully saturated rings. The highest BCUT2D eigenvalue weighted by Gasteiger charge is 2.38. The van der Waals surface area contributed by atoms with Crippen LogP contribution in [0.4, 0.5) is 0 Å². The first-order valence-corrected chi connectivity index (χ1v) is 8.52. The van der Waals surface area contributed by atoms with Crippen molar-refractivity contribution in [3.8, 4) is 0 Å². The summed E-state index contributed by atoms with van der Waals surface area (Å²) in [5.41, 5.74) is 0. The summed E-state index contributed by atoms with van der Waals surface area (Å²) in [6.07, 6.45) is 9.33. The van der Waals surface area contributed by atoms with Crippen LogP contribution in [0.3, 0.4) is 0 Å². The Morgan fingerprint density at radius 2 is 1.77 bits per heavy atom. The highest BCUT2D eigenvalue weighted by molar-refractivity contribution is 4.87. The minimum absolute atomic E-state index is 0.0964. The van der Waals surface area contributed by atoms with Crippen molar-refractivity contribution in [2.45, 2.75) is 76.3 Å². The van der Waals surface area contributed by atoms with Gasteiger partial charge in [0, 0.05) is 6.61 Å². The molecule has 1 heterocycles. The van der Waals surface area contributed by atoms with E-state index in [4.69, 9.17) is 14.6 Å². The molecule has 5 heteroatoms.